The molecule has 0 bridgehead atoms. The first-order valence-electron chi connectivity index (χ1n) is 8.51. The van der Waals surface area contributed by atoms with E-state index in [1.54, 1.807) is 12.1 Å². The lowest BCUT2D eigenvalue weighted by Crippen LogP contribution is -2.24. The van der Waals surface area contributed by atoms with Crippen molar-refractivity contribution in [3.8, 4) is 5.75 Å². The molecule has 1 saturated carbocycles. The maximum atomic E-state index is 12.3. The minimum Gasteiger partial charge on any atom is -0.486 e. The highest BCUT2D eigenvalue weighted by Gasteiger charge is 2.27. The van der Waals surface area contributed by atoms with Crippen LogP contribution in [0.25, 0.3) is 0 Å². The number of aromatic amines is 1. The number of rotatable bonds is 7. The van der Waals surface area contributed by atoms with Gasteiger partial charge in [0.05, 0.1) is 6.54 Å². The molecule has 7 nitrogen and oxygen atoms in total. The van der Waals surface area contributed by atoms with E-state index in [2.05, 4.69) is 31.4 Å². The summed E-state index contributed by atoms with van der Waals surface area (Å²) in [5.74, 6) is 1.94. The van der Waals surface area contributed by atoms with Crippen molar-refractivity contribution in [1.82, 2.24) is 20.1 Å². The highest BCUT2D eigenvalue weighted by atomic mass is 79.9. The first-order chi connectivity index (χ1) is 13.1. The van der Waals surface area contributed by atoms with Gasteiger partial charge in [0.15, 0.2) is 16.4 Å². The van der Waals surface area contributed by atoms with E-state index in [0.717, 1.165) is 28.9 Å². The maximum Gasteiger partial charge on any atom is 0.287 e. The molecule has 0 radical (unpaired) electrons. The van der Waals surface area contributed by atoms with E-state index < -0.39 is 0 Å². The number of hydrogen-bond donors (Lipinski definition) is 2. The Morgan fingerprint density at radius 3 is 3.04 bits per heavy atom. The third-order valence-corrected chi connectivity index (χ3v) is 4.94. The van der Waals surface area contributed by atoms with Crippen molar-refractivity contribution in [3.05, 3.63) is 63.0 Å². The zero-order chi connectivity index (χ0) is 18.8. The Morgan fingerprint density at radius 2 is 2.26 bits per heavy atom. The number of carbonyl (C=O) groups excluding carboxylic acids is 1. The Hall–Kier alpha value is -2.39. The molecular weight excluding hydrogens is 432 g/mol. The zero-order valence-corrected chi connectivity index (χ0v) is 16.7. The number of halogens is 1. The third kappa shape index (κ3) is 4.30. The minimum absolute atomic E-state index is 0.231. The number of carbonyl (C=O) groups is 1. The van der Waals surface area contributed by atoms with E-state index >= 15 is 0 Å². The third-order valence-electron chi connectivity index (χ3n) is 4.16. The van der Waals surface area contributed by atoms with Crippen LogP contribution < -0.4 is 10.1 Å². The second-order valence-electron chi connectivity index (χ2n) is 6.24. The van der Waals surface area contributed by atoms with E-state index in [-0.39, 0.29) is 24.8 Å². The van der Waals surface area contributed by atoms with Gasteiger partial charge in [0.25, 0.3) is 5.91 Å². The first kappa shape index (κ1) is 18.0. The van der Waals surface area contributed by atoms with Crippen molar-refractivity contribution in [2.45, 2.75) is 32.0 Å². The average molecular weight is 449 g/mol. The SMILES string of the molecule is O=C(NCc1n[nH]c(=S)n1C1CC1)c1ccc(COc2cccc(Br)c2)o1. The van der Waals surface area contributed by atoms with Crippen LogP contribution in [0.3, 0.4) is 0 Å². The molecule has 1 aliphatic carbocycles. The number of nitrogens with one attached hydrogen (secondary N) is 2. The predicted molar refractivity (Wildman–Crippen MR) is 104 cm³/mol. The Kier molecular flexibility index (Phi) is 5.13. The van der Waals surface area contributed by atoms with Crippen LogP contribution in [0.15, 0.2) is 45.3 Å². The Bertz CT molecular complexity index is 1020. The Labute approximate surface area is 168 Å². The highest BCUT2D eigenvalue weighted by molar-refractivity contribution is 9.10. The fraction of sp³-hybridized carbons (Fsp3) is 0.278. The summed E-state index contributed by atoms with van der Waals surface area (Å²) < 4.78 is 14.7. The number of benzene rings is 1. The van der Waals surface area contributed by atoms with Gasteiger partial charge in [-0.15, -0.1) is 0 Å². The van der Waals surface area contributed by atoms with Crippen LogP contribution in [-0.4, -0.2) is 20.7 Å². The molecule has 4 rings (SSSR count). The molecule has 140 valence electrons. The number of amides is 1. The lowest BCUT2D eigenvalue weighted by Gasteiger charge is -2.06. The quantitative estimate of drug-likeness (QED) is 0.530. The van der Waals surface area contributed by atoms with Crippen molar-refractivity contribution < 1.29 is 13.9 Å². The van der Waals surface area contributed by atoms with Crippen LogP contribution in [0.2, 0.25) is 0 Å². The molecule has 0 unspecified atom stereocenters. The van der Waals surface area contributed by atoms with Crippen LogP contribution in [-0.2, 0) is 13.2 Å². The summed E-state index contributed by atoms with van der Waals surface area (Å²) in [6.45, 7) is 0.525. The molecule has 2 aromatic heterocycles. The van der Waals surface area contributed by atoms with Crippen LogP contribution in [0.5, 0.6) is 5.75 Å². The molecule has 1 amide bonds. The molecule has 9 heteroatoms. The summed E-state index contributed by atoms with van der Waals surface area (Å²) in [5, 5.41) is 9.80. The van der Waals surface area contributed by atoms with E-state index in [1.807, 2.05) is 28.8 Å². The molecule has 1 aromatic carbocycles. The fourth-order valence-corrected chi connectivity index (χ4v) is 3.38. The van der Waals surface area contributed by atoms with Gasteiger partial charge >= 0.3 is 0 Å². The fourth-order valence-electron chi connectivity index (χ4n) is 2.71. The minimum atomic E-state index is -0.306. The molecule has 1 fully saturated rings. The number of H-pyrrole nitrogens is 1. The monoisotopic (exact) mass is 448 g/mol. The molecule has 2 N–H and O–H groups in total. The molecule has 1 aliphatic rings. The number of hydrogen-bond acceptors (Lipinski definition) is 5. The van der Waals surface area contributed by atoms with Crippen molar-refractivity contribution in [3.63, 3.8) is 0 Å². The number of furan rings is 1. The molecule has 2 heterocycles. The topological polar surface area (TPSA) is 85.1 Å². The van der Waals surface area contributed by atoms with Gasteiger partial charge in [-0.25, -0.2) is 0 Å². The lowest BCUT2D eigenvalue weighted by molar-refractivity contribution is 0.0917. The predicted octanol–water partition coefficient (Wildman–Crippen LogP) is 4.14. The largest absolute Gasteiger partial charge is 0.486 e. The number of nitrogens with zero attached hydrogens (tertiary/aromatic N) is 2. The summed E-state index contributed by atoms with van der Waals surface area (Å²) >= 11 is 8.64. The smallest absolute Gasteiger partial charge is 0.287 e. The van der Waals surface area contributed by atoms with Gasteiger partial charge in [0.2, 0.25) is 0 Å². The van der Waals surface area contributed by atoms with Crippen molar-refractivity contribution in [2.24, 2.45) is 0 Å². The van der Waals surface area contributed by atoms with Crippen LogP contribution >= 0.6 is 28.1 Å². The van der Waals surface area contributed by atoms with E-state index in [4.69, 9.17) is 21.4 Å². The molecule has 0 spiro atoms. The van der Waals surface area contributed by atoms with Crippen LogP contribution in [0, 0.1) is 4.77 Å². The average Bonchev–Trinajstić information content (AvgIpc) is 3.25. The van der Waals surface area contributed by atoms with Gasteiger partial charge in [-0.2, -0.15) is 5.10 Å². The van der Waals surface area contributed by atoms with Crippen LogP contribution in [0.1, 0.15) is 41.0 Å². The molecule has 0 saturated heterocycles. The summed E-state index contributed by atoms with van der Waals surface area (Å²) in [5.41, 5.74) is 0. The lowest BCUT2D eigenvalue weighted by atomic mass is 10.3. The van der Waals surface area contributed by atoms with Gasteiger partial charge in [-0.1, -0.05) is 22.0 Å². The number of ether oxygens (including phenoxy) is 1. The summed E-state index contributed by atoms with van der Waals surface area (Å²) in [7, 11) is 0. The summed E-state index contributed by atoms with van der Waals surface area (Å²) in [6, 6.07) is 11.3. The second kappa shape index (κ2) is 7.69. The first-order valence-corrected chi connectivity index (χ1v) is 9.71. The molecule has 0 aliphatic heterocycles. The summed E-state index contributed by atoms with van der Waals surface area (Å²) in [6.07, 6.45) is 2.18. The Balaban J connectivity index is 1.34. The Morgan fingerprint density at radius 1 is 1.41 bits per heavy atom. The highest BCUT2D eigenvalue weighted by Crippen LogP contribution is 2.35. The molecule has 27 heavy (non-hydrogen) atoms. The summed E-state index contributed by atoms with van der Waals surface area (Å²) in [4.78, 5) is 12.3. The number of aromatic nitrogens is 3. The normalized spacial score (nSPS) is 13.5. The van der Waals surface area contributed by atoms with Crippen molar-refractivity contribution in [2.75, 3.05) is 0 Å². The standard InChI is InChI=1S/C18H17BrN4O3S/c19-11-2-1-3-13(8-11)25-10-14-6-7-15(26-14)17(24)20-9-16-21-22-18(27)23(16)12-4-5-12/h1-3,6-8,12H,4-5,9-10H2,(H,20,24)(H,22,27). The van der Waals surface area contributed by atoms with Gasteiger partial charge in [-0.05, 0) is 55.4 Å². The molecule has 3 aromatic rings. The van der Waals surface area contributed by atoms with Gasteiger partial charge in [0.1, 0.15) is 18.1 Å². The zero-order valence-electron chi connectivity index (χ0n) is 14.3. The van der Waals surface area contributed by atoms with E-state index in [0.29, 0.717) is 16.6 Å². The second-order valence-corrected chi connectivity index (χ2v) is 7.54. The van der Waals surface area contributed by atoms with Crippen LogP contribution in [0.4, 0.5) is 0 Å². The maximum absolute atomic E-state index is 12.3. The van der Waals surface area contributed by atoms with E-state index in [9.17, 15) is 4.79 Å². The van der Waals surface area contributed by atoms with Gasteiger partial charge in [0, 0.05) is 10.5 Å². The molecular formula is C18H17BrN4O3S. The molecule has 0 atom stereocenters. The van der Waals surface area contributed by atoms with Gasteiger partial charge < -0.3 is 14.5 Å². The van der Waals surface area contributed by atoms with Crippen molar-refractivity contribution >= 4 is 34.1 Å². The van der Waals surface area contributed by atoms with Crippen molar-refractivity contribution in [1.29, 1.82) is 0 Å². The van der Waals surface area contributed by atoms with E-state index in [1.165, 1.54) is 0 Å². The van der Waals surface area contributed by atoms with Gasteiger partial charge in [-0.3, -0.25) is 14.5 Å².